The topological polar surface area (TPSA) is 9.23 Å². The number of rotatable bonds is 6. The Bertz CT molecular complexity index is 118. The van der Waals surface area contributed by atoms with E-state index in [-0.39, 0.29) is 5.60 Å². The number of hydrogen-bond donors (Lipinski definition) is 0. The van der Waals surface area contributed by atoms with Gasteiger partial charge in [0.1, 0.15) is 0 Å². The Morgan fingerprint density at radius 3 is 2.31 bits per heavy atom. The van der Waals surface area contributed by atoms with Gasteiger partial charge >= 0.3 is 0 Å². The van der Waals surface area contributed by atoms with Gasteiger partial charge in [0, 0.05) is 11.9 Å². The summed E-state index contributed by atoms with van der Waals surface area (Å²) >= 11 is 3.45. The van der Waals surface area contributed by atoms with Gasteiger partial charge in [0.2, 0.25) is 0 Å². The van der Waals surface area contributed by atoms with E-state index in [2.05, 4.69) is 43.6 Å². The molecule has 0 aliphatic rings. The van der Waals surface area contributed by atoms with Gasteiger partial charge < -0.3 is 4.74 Å². The Kier molecular flexibility index (Phi) is 7.06. The van der Waals surface area contributed by atoms with E-state index in [1.807, 2.05) is 0 Å². The largest absolute Gasteiger partial charge is 0.376 e. The summed E-state index contributed by atoms with van der Waals surface area (Å²) in [6.07, 6.45) is 3.76. The molecule has 0 fully saturated rings. The van der Waals surface area contributed by atoms with Crippen molar-refractivity contribution >= 4 is 15.9 Å². The Balaban J connectivity index is 3.31. The summed E-state index contributed by atoms with van der Waals surface area (Å²) in [6.45, 7) is 9.52. The van der Waals surface area contributed by atoms with E-state index in [0.29, 0.717) is 0 Å². The van der Waals surface area contributed by atoms with Gasteiger partial charge in [0.05, 0.1) is 5.60 Å². The molecule has 0 aromatic carbocycles. The molecule has 0 rings (SSSR count). The lowest BCUT2D eigenvalue weighted by Crippen LogP contribution is -2.20. The summed E-state index contributed by atoms with van der Waals surface area (Å²) in [6, 6.07) is 0. The van der Waals surface area contributed by atoms with Crippen LogP contribution < -0.4 is 0 Å². The molecule has 0 aliphatic heterocycles. The predicted molar refractivity (Wildman–Crippen MR) is 62.5 cm³/mol. The molecule has 0 aromatic rings. The quantitative estimate of drug-likeness (QED) is 0.648. The highest BCUT2D eigenvalue weighted by atomic mass is 79.9. The lowest BCUT2D eigenvalue weighted by atomic mass is 10.0. The average molecular weight is 251 g/mol. The maximum atomic E-state index is 5.67. The zero-order valence-corrected chi connectivity index (χ0v) is 11.0. The molecule has 1 nitrogen and oxygen atoms in total. The van der Waals surface area contributed by atoms with E-state index < -0.39 is 0 Å². The van der Waals surface area contributed by atoms with Crippen LogP contribution in [0.1, 0.15) is 47.0 Å². The second-order valence-electron chi connectivity index (χ2n) is 4.69. The minimum absolute atomic E-state index is 0.0230. The van der Waals surface area contributed by atoms with Crippen molar-refractivity contribution in [3.8, 4) is 0 Å². The molecule has 0 N–H and O–H groups in total. The maximum Gasteiger partial charge on any atom is 0.0598 e. The molecular weight excluding hydrogens is 228 g/mol. The Morgan fingerprint density at radius 2 is 1.85 bits per heavy atom. The highest BCUT2D eigenvalue weighted by Gasteiger charge is 2.10. The molecule has 80 valence electrons. The Hall–Kier alpha value is 0.440. The van der Waals surface area contributed by atoms with Crippen LogP contribution in [0, 0.1) is 5.92 Å². The molecule has 0 bridgehead atoms. The Labute approximate surface area is 91.4 Å². The van der Waals surface area contributed by atoms with Crippen LogP contribution >= 0.6 is 15.9 Å². The van der Waals surface area contributed by atoms with Gasteiger partial charge in [0.25, 0.3) is 0 Å². The van der Waals surface area contributed by atoms with Crippen LogP contribution in [-0.2, 0) is 4.74 Å². The summed E-state index contributed by atoms with van der Waals surface area (Å²) in [5, 5.41) is 1.12. The second-order valence-corrected chi connectivity index (χ2v) is 5.48. The summed E-state index contributed by atoms with van der Waals surface area (Å²) < 4.78 is 5.67. The molecule has 1 atom stereocenters. The molecule has 0 unspecified atom stereocenters. The minimum atomic E-state index is 0.0230. The summed E-state index contributed by atoms with van der Waals surface area (Å²) in [5.74, 6) is 0.792. The molecule has 0 amide bonds. The Morgan fingerprint density at radius 1 is 1.23 bits per heavy atom. The molecule has 13 heavy (non-hydrogen) atoms. The zero-order valence-electron chi connectivity index (χ0n) is 9.40. The zero-order chi connectivity index (χ0) is 10.3. The van der Waals surface area contributed by atoms with Crippen molar-refractivity contribution in [1.82, 2.24) is 0 Å². The standard InChI is InChI=1S/C11H23BrO/c1-10(6-5-8-12)7-9-13-11(2,3)4/h10H,5-9H2,1-4H3/t10-/m1/s1. The van der Waals surface area contributed by atoms with Crippen LogP contribution in [-0.4, -0.2) is 17.5 Å². The third kappa shape index (κ3) is 10.4. The molecule has 0 aliphatic carbocycles. The molecule has 0 heterocycles. The third-order valence-corrected chi connectivity index (χ3v) is 2.54. The first-order valence-electron chi connectivity index (χ1n) is 5.15. The van der Waals surface area contributed by atoms with Crippen LogP contribution in [0.2, 0.25) is 0 Å². The van der Waals surface area contributed by atoms with Crippen molar-refractivity contribution < 1.29 is 4.74 Å². The lowest BCUT2D eigenvalue weighted by Gasteiger charge is -2.20. The summed E-state index contributed by atoms with van der Waals surface area (Å²) in [5.41, 5.74) is 0.0230. The molecule has 2 heteroatoms. The van der Waals surface area contributed by atoms with Crippen molar-refractivity contribution in [1.29, 1.82) is 0 Å². The second kappa shape index (κ2) is 6.83. The first kappa shape index (κ1) is 13.4. The van der Waals surface area contributed by atoms with Gasteiger partial charge in [-0.3, -0.25) is 0 Å². The molecule has 0 saturated heterocycles. The maximum absolute atomic E-state index is 5.67. The number of alkyl halides is 1. The smallest absolute Gasteiger partial charge is 0.0598 e. The molecule has 0 spiro atoms. The van der Waals surface area contributed by atoms with Gasteiger partial charge in [0.15, 0.2) is 0 Å². The van der Waals surface area contributed by atoms with Crippen molar-refractivity contribution in [2.75, 3.05) is 11.9 Å². The number of hydrogen-bond acceptors (Lipinski definition) is 1. The fourth-order valence-electron chi connectivity index (χ4n) is 1.14. The van der Waals surface area contributed by atoms with E-state index >= 15 is 0 Å². The molecule has 0 aromatic heterocycles. The molecular formula is C11H23BrO. The fraction of sp³-hybridized carbons (Fsp3) is 1.00. The average Bonchev–Trinajstić information content (AvgIpc) is 1.98. The normalized spacial score (nSPS) is 14.5. The van der Waals surface area contributed by atoms with Crippen LogP contribution in [0.25, 0.3) is 0 Å². The SMILES string of the molecule is C[C@H](CCCBr)CCOC(C)(C)C. The van der Waals surface area contributed by atoms with E-state index in [1.165, 1.54) is 19.3 Å². The first-order valence-corrected chi connectivity index (χ1v) is 6.28. The summed E-state index contributed by atoms with van der Waals surface area (Å²) in [4.78, 5) is 0. The lowest BCUT2D eigenvalue weighted by molar-refractivity contribution is -0.00880. The van der Waals surface area contributed by atoms with E-state index in [4.69, 9.17) is 4.74 Å². The van der Waals surface area contributed by atoms with Crippen molar-refractivity contribution in [3.63, 3.8) is 0 Å². The highest BCUT2D eigenvalue weighted by molar-refractivity contribution is 9.09. The van der Waals surface area contributed by atoms with Crippen LogP contribution in [0.5, 0.6) is 0 Å². The van der Waals surface area contributed by atoms with Gasteiger partial charge in [-0.15, -0.1) is 0 Å². The van der Waals surface area contributed by atoms with Crippen LogP contribution in [0.15, 0.2) is 0 Å². The van der Waals surface area contributed by atoms with Crippen molar-refractivity contribution in [3.05, 3.63) is 0 Å². The van der Waals surface area contributed by atoms with Crippen molar-refractivity contribution in [2.45, 2.75) is 52.6 Å². The van der Waals surface area contributed by atoms with Gasteiger partial charge in [-0.1, -0.05) is 22.9 Å². The highest BCUT2D eigenvalue weighted by Crippen LogP contribution is 2.14. The first-order chi connectivity index (χ1) is 5.95. The van der Waals surface area contributed by atoms with Gasteiger partial charge in [-0.05, 0) is 46.0 Å². The van der Waals surface area contributed by atoms with E-state index in [0.717, 1.165) is 17.9 Å². The number of halogens is 1. The van der Waals surface area contributed by atoms with Crippen molar-refractivity contribution in [2.24, 2.45) is 5.92 Å². The predicted octanol–water partition coefficient (Wildman–Crippen LogP) is 4.00. The number of ether oxygens (including phenoxy) is 1. The van der Waals surface area contributed by atoms with E-state index in [9.17, 15) is 0 Å². The minimum Gasteiger partial charge on any atom is -0.376 e. The van der Waals surface area contributed by atoms with E-state index in [1.54, 1.807) is 0 Å². The fourth-order valence-corrected chi connectivity index (χ4v) is 1.46. The third-order valence-electron chi connectivity index (χ3n) is 1.98. The monoisotopic (exact) mass is 250 g/mol. The van der Waals surface area contributed by atoms with Crippen LogP contribution in [0.3, 0.4) is 0 Å². The molecule has 0 saturated carbocycles. The van der Waals surface area contributed by atoms with Gasteiger partial charge in [-0.25, -0.2) is 0 Å². The summed E-state index contributed by atoms with van der Waals surface area (Å²) in [7, 11) is 0. The molecule has 0 radical (unpaired) electrons. The van der Waals surface area contributed by atoms with Crippen LogP contribution in [0.4, 0.5) is 0 Å². The van der Waals surface area contributed by atoms with Gasteiger partial charge in [-0.2, -0.15) is 0 Å².